The zero-order valence-electron chi connectivity index (χ0n) is 17.4. The van der Waals surface area contributed by atoms with Crippen LogP contribution >= 0.6 is 0 Å². The third kappa shape index (κ3) is 4.74. The molecule has 0 aliphatic heterocycles. The first kappa shape index (κ1) is 21.2. The summed E-state index contributed by atoms with van der Waals surface area (Å²) in [5, 5.41) is 19.1. The quantitative estimate of drug-likeness (QED) is 0.504. The van der Waals surface area contributed by atoms with Crippen LogP contribution in [0.4, 0.5) is 0 Å². The van der Waals surface area contributed by atoms with Crippen molar-refractivity contribution in [3.8, 4) is 17.2 Å². The van der Waals surface area contributed by atoms with Crippen LogP contribution in [0, 0.1) is 6.92 Å². The average molecular weight is 406 g/mol. The molecule has 156 valence electrons. The number of ether oxygens (including phenoxy) is 2. The van der Waals surface area contributed by atoms with E-state index in [2.05, 4.69) is 0 Å². The van der Waals surface area contributed by atoms with E-state index in [4.69, 9.17) is 9.47 Å². The highest BCUT2D eigenvalue weighted by Crippen LogP contribution is 2.35. The number of carboxylic acids is 1. The molecule has 3 aromatic carbocycles. The van der Waals surface area contributed by atoms with E-state index < -0.39 is 11.4 Å². The van der Waals surface area contributed by atoms with Crippen molar-refractivity contribution in [3.05, 3.63) is 89.0 Å². The van der Waals surface area contributed by atoms with Crippen molar-refractivity contribution in [2.24, 2.45) is 0 Å². The Morgan fingerprint density at radius 1 is 0.900 bits per heavy atom. The summed E-state index contributed by atoms with van der Waals surface area (Å²) in [6, 6.07) is 20.3. The van der Waals surface area contributed by atoms with E-state index in [1.54, 1.807) is 6.07 Å². The van der Waals surface area contributed by atoms with Crippen LogP contribution in [-0.2, 0) is 5.41 Å². The molecular formula is C25H26O5. The summed E-state index contributed by atoms with van der Waals surface area (Å²) in [6.45, 7) is 6.90. The van der Waals surface area contributed by atoms with Gasteiger partial charge >= 0.3 is 5.97 Å². The van der Waals surface area contributed by atoms with E-state index in [9.17, 15) is 15.0 Å². The second-order valence-electron chi connectivity index (χ2n) is 7.65. The van der Waals surface area contributed by atoms with Crippen molar-refractivity contribution in [3.63, 3.8) is 0 Å². The smallest absolute Gasteiger partial charge is 0.339 e. The van der Waals surface area contributed by atoms with Crippen LogP contribution in [0.5, 0.6) is 17.2 Å². The van der Waals surface area contributed by atoms with Crippen LogP contribution in [0.3, 0.4) is 0 Å². The normalized spacial score (nSPS) is 11.2. The first-order chi connectivity index (χ1) is 14.3. The van der Waals surface area contributed by atoms with Crippen molar-refractivity contribution in [2.45, 2.75) is 26.2 Å². The number of aromatic hydroxyl groups is 1. The van der Waals surface area contributed by atoms with Gasteiger partial charge in [0.05, 0.1) is 0 Å². The minimum atomic E-state index is -1.15. The lowest BCUT2D eigenvalue weighted by atomic mass is 9.77. The minimum Gasteiger partial charge on any atom is -0.507 e. The van der Waals surface area contributed by atoms with E-state index in [1.165, 1.54) is 12.1 Å². The molecule has 5 nitrogen and oxygen atoms in total. The van der Waals surface area contributed by atoms with Crippen LogP contribution in [0.2, 0.25) is 0 Å². The molecule has 0 fully saturated rings. The second kappa shape index (κ2) is 8.91. The molecule has 0 saturated heterocycles. The topological polar surface area (TPSA) is 76.0 Å². The molecule has 0 aliphatic carbocycles. The Morgan fingerprint density at radius 2 is 1.53 bits per heavy atom. The molecule has 0 amide bonds. The predicted octanol–water partition coefficient (Wildman–Crippen LogP) is 5.18. The number of carboxylic acid groups (broad SMARTS) is 1. The molecule has 2 N–H and O–H groups in total. The fourth-order valence-corrected chi connectivity index (χ4v) is 3.29. The summed E-state index contributed by atoms with van der Waals surface area (Å²) in [6.07, 6.45) is 0. The number of para-hydroxylation sites is 1. The molecule has 3 rings (SSSR count). The van der Waals surface area contributed by atoms with Crippen molar-refractivity contribution in [2.75, 3.05) is 13.2 Å². The van der Waals surface area contributed by atoms with E-state index in [-0.39, 0.29) is 11.3 Å². The van der Waals surface area contributed by atoms with Gasteiger partial charge in [0.2, 0.25) is 0 Å². The van der Waals surface area contributed by atoms with Gasteiger partial charge < -0.3 is 19.7 Å². The Hall–Kier alpha value is -3.47. The SMILES string of the molecule is Cc1cc(C(C)(C)c2ccc(O)c(C(=O)O)c2)ccc1OCCOc1ccccc1. The monoisotopic (exact) mass is 406 g/mol. The highest BCUT2D eigenvalue weighted by molar-refractivity contribution is 5.91. The zero-order valence-corrected chi connectivity index (χ0v) is 17.4. The molecule has 5 heteroatoms. The molecule has 0 radical (unpaired) electrons. The van der Waals surface area contributed by atoms with Crippen molar-refractivity contribution in [1.82, 2.24) is 0 Å². The molecule has 0 atom stereocenters. The number of rotatable bonds is 8. The van der Waals surface area contributed by atoms with Gasteiger partial charge in [-0.3, -0.25) is 0 Å². The average Bonchev–Trinajstić information content (AvgIpc) is 2.72. The molecule has 0 bridgehead atoms. The third-order valence-corrected chi connectivity index (χ3v) is 5.20. The van der Waals surface area contributed by atoms with E-state index in [0.717, 1.165) is 28.2 Å². The molecule has 0 spiro atoms. The van der Waals surface area contributed by atoms with Gasteiger partial charge in [-0.05, 0) is 53.9 Å². The Bertz CT molecular complexity index is 1020. The Labute approximate surface area is 176 Å². The molecule has 30 heavy (non-hydrogen) atoms. The van der Waals surface area contributed by atoms with Crippen molar-refractivity contribution < 1.29 is 24.5 Å². The highest BCUT2D eigenvalue weighted by Gasteiger charge is 2.26. The number of carbonyl (C=O) groups is 1. The molecule has 0 aliphatic rings. The van der Waals surface area contributed by atoms with Crippen molar-refractivity contribution in [1.29, 1.82) is 0 Å². The minimum absolute atomic E-state index is 0.101. The standard InChI is InChI=1S/C25H26O5/c1-17-15-18(25(2,3)19-9-11-22(26)21(16-19)24(27)28)10-12-23(17)30-14-13-29-20-7-5-4-6-8-20/h4-12,15-16,26H,13-14H2,1-3H3,(H,27,28). The fraction of sp³-hybridized carbons (Fsp3) is 0.240. The van der Waals surface area contributed by atoms with Crippen LogP contribution < -0.4 is 9.47 Å². The van der Waals surface area contributed by atoms with Gasteiger partial charge in [0.25, 0.3) is 0 Å². The number of hydrogen-bond donors (Lipinski definition) is 2. The summed E-state index contributed by atoms with van der Waals surface area (Å²) in [7, 11) is 0. The van der Waals surface area contributed by atoms with Gasteiger partial charge in [0.15, 0.2) is 0 Å². The summed E-state index contributed by atoms with van der Waals surface area (Å²) >= 11 is 0. The second-order valence-corrected chi connectivity index (χ2v) is 7.65. The summed E-state index contributed by atoms with van der Waals surface area (Å²) < 4.78 is 11.5. The fourth-order valence-electron chi connectivity index (χ4n) is 3.29. The number of benzene rings is 3. The van der Waals surface area contributed by atoms with E-state index >= 15 is 0 Å². The lowest BCUT2D eigenvalue weighted by Crippen LogP contribution is -2.20. The predicted molar refractivity (Wildman–Crippen MR) is 116 cm³/mol. The molecule has 3 aromatic rings. The molecule has 0 saturated carbocycles. The van der Waals surface area contributed by atoms with Crippen LogP contribution in [0.1, 0.15) is 40.9 Å². The molecule has 0 heterocycles. The number of phenols is 1. The molecule has 0 aromatic heterocycles. The molecular weight excluding hydrogens is 380 g/mol. The summed E-state index contributed by atoms with van der Waals surface area (Å²) in [4.78, 5) is 11.4. The highest BCUT2D eigenvalue weighted by atomic mass is 16.5. The van der Waals surface area contributed by atoms with Gasteiger partial charge in [0.1, 0.15) is 36.0 Å². The molecule has 0 unspecified atom stereocenters. The summed E-state index contributed by atoms with van der Waals surface area (Å²) in [5.41, 5.74) is 2.27. The van der Waals surface area contributed by atoms with Gasteiger partial charge in [-0.15, -0.1) is 0 Å². The van der Waals surface area contributed by atoms with Crippen LogP contribution in [-0.4, -0.2) is 29.4 Å². The van der Waals surface area contributed by atoms with E-state index in [1.807, 2.05) is 69.3 Å². The maximum Gasteiger partial charge on any atom is 0.339 e. The first-order valence-corrected chi connectivity index (χ1v) is 9.77. The maximum absolute atomic E-state index is 11.4. The lowest BCUT2D eigenvalue weighted by molar-refractivity contribution is 0.0693. The van der Waals surface area contributed by atoms with Crippen LogP contribution in [0.15, 0.2) is 66.7 Å². The third-order valence-electron chi connectivity index (χ3n) is 5.20. The van der Waals surface area contributed by atoms with Gasteiger partial charge in [-0.25, -0.2) is 4.79 Å². The summed E-state index contributed by atoms with van der Waals surface area (Å²) in [5.74, 6) is 0.204. The Balaban J connectivity index is 1.70. The zero-order chi connectivity index (χ0) is 21.7. The largest absolute Gasteiger partial charge is 0.507 e. The van der Waals surface area contributed by atoms with Crippen LogP contribution in [0.25, 0.3) is 0 Å². The van der Waals surface area contributed by atoms with Gasteiger partial charge in [-0.1, -0.05) is 50.2 Å². The first-order valence-electron chi connectivity index (χ1n) is 9.77. The Morgan fingerprint density at radius 3 is 2.20 bits per heavy atom. The maximum atomic E-state index is 11.4. The lowest BCUT2D eigenvalue weighted by Gasteiger charge is -2.27. The number of hydrogen-bond acceptors (Lipinski definition) is 4. The van der Waals surface area contributed by atoms with Gasteiger partial charge in [0, 0.05) is 5.41 Å². The number of aromatic carboxylic acids is 1. The Kier molecular flexibility index (Phi) is 6.31. The number of aryl methyl sites for hydroxylation is 1. The van der Waals surface area contributed by atoms with Gasteiger partial charge in [-0.2, -0.15) is 0 Å². The van der Waals surface area contributed by atoms with Crippen molar-refractivity contribution >= 4 is 5.97 Å². The van der Waals surface area contributed by atoms with E-state index in [0.29, 0.717) is 13.2 Å².